The molecule has 0 bridgehead atoms. The second kappa shape index (κ2) is 2.36. The van der Waals surface area contributed by atoms with Crippen LogP contribution in [0.2, 0.25) is 0 Å². The van der Waals surface area contributed by atoms with Crippen molar-refractivity contribution in [2.24, 2.45) is 10.7 Å². The van der Waals surface area contributed by atoms with Crippen molar-refractivity contribution in [2.45, 2.75) is 6.29 Å². The lowest BCUT2D eigenvalue weighted by molar-refractivity contribution is 0.806. The van der Waals surface area contributed by atoms with E-state index in [1.54, 1.807) is 6.21 Å². The van der Waals surface area contributed by atoms with Crippen LogP contribution in [0.25, 0.3) is 0 Å². The number of anilines is 1. The van der Waals surface area contributed by atoms with Crippen molar-refractivity contribution >= 4 is 11.9 Å². The predicted molar refractivity (Wildman–Crippen MR) is 45.6 cm³/mol. The average molecular weight is 147 g/mol. The highest BCUT2D eigenvalue weighted by molar-refractivity contribution is 5.89. The van der Waals surface area contributed by atoms with Crippen LogP contribution in [0.1, 0.15) is 5.56 Å². The van der Waals surface area contributed by atoms with E-state index in [0.29, 0.717) is 0 Å². The van der Waals surface area contributed by atoms with Gasteiger partial charge in [-0.05, 0) is 6.07 Å². The molecule has 2 rings (SSSR count). The number of rotatable bonds is 0. The number of aliphatic imine (C=N–C) groups is 1. The minimum Gasteiger partial charge on any atom is -0.351 e. The van der Waals surface area contributed by atoms with Gasteiger partial charge in [0.15, 0.2) is 6.29 Å². The van der Waals surface area contributed by atoms with Gasteiger partial charge in [0.25, 0.3) is 0 Å². The van der Waals surface area contributed by atoms with Crippen molar-refractivity contribution in [2.75, 3.05) is 5.32 Å². The molecule has 56 valence electrons. The quantitative estimate of drug-likeness (QED) is 0.569. The van der Waals surface area contributed by atoms with E-state index in [4.69, 9.17) is 5.73 Å². The standard InChI is InChI=1S/C8H9N3/c9-8-10-5-6-3-1-2-4-7(6)11-8/h1-5,8,11H,9H2. The maximum atomic E-state index is 5.54. The Hall–Kier alpha value is -1.35. The van der Waals surface area contributed by atoms with Crippen LogP contribution >= 0.6 is 0 Å². The lowest BCUT2D eigenvalue weighted by atomic mass is 10.2. The van der Waals surface area contributed by atoms with Crippen molar-refractivity contribution in [3.05, 3.63) is 29.8 Å². The summed E-state index contributed by atoms with van der Waals surface area (Å²) in [6.07, 6.45) is 1.50. The maximum absolute atomic E-state index is 5.54. The molecule has 0 amide bonds. The number of hydrogen-bond acceptors (Lipinski definition) is 3. The lowest BCUT2D eigenvalue weighted by Crippen LogP contribution is -2.30. The third-order valence-corrected chi connectivity index (χ3v) is 1.64. The monoisotopic (exact) mass is 147 g/mol. The van der Waals surface area contributed by atoms with Gasteiger partial charge in [-0.25, -0.2) is 0 Å². The summed E-state index contributed by atoms with van der Waals surface area (Å²) in [5.41, 5.74) is 7.68. The summed E-state index contributed by atoms with van der Waals surface area (Å²) in [6, 6.07) is 7.93. The molecule has 1 aromatic rings. The van der Waals surface area contributed by atoms with Gasteiger partial charge in [0, 0.05) is 17.5 Å². The number of nitrogens with two attached hydrogens (primary N) is 1. The zero-order valence-electron chi connectivity index (χ0n) is 5.99. The molecule has 0 aliphatic carbocycles. The Morgan fingerprint density at radius 1 is 1.36 bits per heavy atom. The van der Waals surface area contributed by atoms with Gasteiger partial charge in [-0.3, -0.25) is 10.7 Å². The summed E-state index contributed by atoms with van der Waals surface area (Å²) in [4.78, 5) is 4.01. The highest BCUT2D eigenvalue weighted by atomic mass is 15.2. The first-order valence-electron chi connectivity index (χ1n) is 3.50. The molecule has 0 aromatic heterocycles. The number of para-hydroxylation sites is 1. The second-order valence-corrected chi connectivity index (χ2v) is 2.45. The predicted octanol–water partition coefficient (Wildman–Crippen LogP) is 0.773. The molecule has 11 heavy (non-hydrogen) atoms. The van der Waals surface area contributed by atoms with Crippen molar-refractivity contribution in [3.63, 3.8) is 0 Å². The van der Waals surface area contributed by atoms with E-state index in [2.05, 4.69) is 10.3 Å². The van der Waals surface area contributed by atoms with Gasteiger partial charge in [0.05, 0.1) is 0 Å². The summed E-state index contributed by atoms with van der Waals surface area (Å²) in [5.74, 6) is 0. The number of benzene rings is 1. The third kappa shape index (κ3) is 1.10. The largest absolute Gasteiger partial charge is 0.351 e. The Morgan fingerprint density at radius 2 is 2.18 bits per heavy atom. The van der Waals surface area contributed by atoms with Crippen molar-refractivity contribution in [1.29, 1.82) is 0 Å². The van der Waals surface area contributed by atoms with E-state index < -0.39 is 0 Å². The number of nitrogens with one attached hydrogen (secondary N) is 1. The zero-order valence-corrected chi connectivity index (χ0v) is 5.99. The molecule has 0 radical (unpaired) electrons. The smallest absolute Gasteiger partial charge is 0.171 e. The minimum absolute atomic E-state index is 0.287. The zero-order chi connectivity index (χ0) is 7.68. The van der Waals surface area contributed by atoms with Crippen molar-refractivity contribution in [1.82, 2.24) is 0 Å². The molecule has 1 unspecified atom stereocenters. The number of nitrogens with zero attached hydrogens (tertiary/aromatic N) is 1. The Balaban J connectivity index is 2.46. The number of fused-ring (bicyclic) bond motifs is 1. The second-order valence-electron chi connectivity index (χ2n) is 2.45. The van der Waals surface area contributed by atoms with E-state index in [-0.39, 0.29) is 6.29 Å². The summed E-state index contributed by atoms with van der Waals surface area (Å²) in [7, 11) is 0. The lowest BCUT2D eigenvalue weighted by Gasteiger charge is -2.17. The Kier molecular flexibility index (Phi) is 1.36. The average Bonchev–Trinajstić information content (AvgIpc) is 2.04. The van der Waals surface area contributed by atoms with Gasteiger partial charge < -0.3 is 5.32 Å². The molecule has 0 saturated heterocycles. The highest BCUT2D eigenvalue weighted by Crippen LogP contribution is 2.16. The fraction of sp³-hybridized carbons (Fsp3) is 0.125. The van der Waals surface area contributed by atoms with Gasteiger partial charge >= 0.3 is 0 Å². The summed E-state index contributed by atoms with van der Waals surface area (Å²) < 4.78 is 0. The molecular formula is C8H9N3. The first-order valence-corrected chi connectivity index (χ1v) is 3.50. The SMILES string of the molecule is NC1N=Cc2ccccc2N1. The van der Waals surface area contributed by atoms with Crippen LogP contribution in [0.3, 0.4) is 0 Å². The third-order valence-electron chi connectivity index (χ3n) is 1.64. The molecule has 3 heteroatoms. The molecule has 3 nitrogen and oxygen atoms in total. The Labute approximate surface area is 64.9 Å². The van der Waals surface area contributed by atoms with Gasteiger partial charge in [-0.15, -0.1) is 0 Å². The first-order chi connectivity index (χ1) is 5.36. The summed E-state index contributed by atoms with van der Waals surface area (Å²) in [6.45, 7) is 0. The Bertz CT molecular complexity index is 293. The van der Waals surface area contributed by atoms with E-state index in [1.807, 2.05) is 24.3 Å². The van der Waals surface area contributed by atoms with Gasteiger partial charge in [0.1, 0.15) is 0 Å². The van der Waals surface area contributed by atoms with Gasteiger partial charge in [-0.1, -0.05) is 18.2 Å². The number of hydrogen-bond donors (Lipinski definition) is 2. The molecule has 1 aliphatic heterocycles. The van der Waals surface area contributed by atoms with Crippen LogP contribution in [-0.2, 0) is 0 Å². The van der Waals surface area contributed by atoms with E-state index in [9.17, 15) is 0 Å². The molecule has 0 spiro atoms. The van der Waals surface area contributed by atoms with Gasteiger partial charge in [-0.2, -0.15) is 0 Å². The summed E-state index contributed by atoms with van der Waals surface area (Å²) in [5, 5.41) is 3.04. The fourth-order valence-electron chi connectivity index (χ4n) is 1.10. The molecule has 0 fully saturated rings. The Morgan fingerprint density at radius 3 is 3.09 bits per heavy atom. The minimum atomic E-state index is -0.287. The van der Waals surface area contributed by atoms with Crippen molar-refractivity contribution < 1.29 is 0 Å². The molecule has 0 saturated carbocycles. The van der Waals surface area contributed by atoms with Crippen LogP contribution < -0.4 is 11.1 Å². The van der Waals surface area contributed by atoms with E-state index in [1.165, 1.54) is 0 Å². The van der Waals surface area contributed by atoms with Crippen LogP contribution in [0.4, 0.5) is 5.69 Å². The van der Waals surface area contributed by atoms with Gasteiger partial charge in [0.2, 0.25) is 0 Å². The van der Waals surface area contributed by atoms with Crippen molar-refractivity contribution in [3.8, 4) is 0 Å². The summed E-state index contributed by atoms with van der Waals surface area (Å²) >= 11 is 0. The molecular weight excluding hydrogens is 138 g/mol. The molecule has 1 atom stereocenters. The first kappa shape index (κ1) is 6.37. The van der Waals surface area contributed by atoms with Crippen LogP contribution in [0, 0.1) is 0 Å². The van der Waals surface area contributed by atoms with Crippen LogP contribution in [-0.4, -0.2) is 12.5 Å². The normalized spacial score (nSPS) is 20.6. The molecule has 3 N–H and O–H groups in total. The molecule has 1 aliphatic rings. The van der Waals surface area contributed by atoms with E-state index >= 15 is 0 Å². The molecule has 1 aromatic carbocycles. The van der Waals surface area contributed by atoms with Crippen LogP contribution in [0.5, 0.6) is 0 Å². The maximum Gasteiger partial charge on any atom is 0.171 e. The van der Waals surface area contributed by atoms with E-state index in [0.717, 1.165) is 11.3 Å². The highest BCUT2D eigenvalue weighted by Gasteiger charge is 2.06. The van der Waals surface area contributed by atoms with Crippen LogP contribution in [0.15, 0.2) is 29.3 Å². The fourth-order valence-corrected chi connectivity index (χ4v) is 1.10. The molecule has 1 heterocycles. The topological polar surface area (TPSA) is 50.4 Å².